The highest BCUT2D eigenvalue weighted by molar-refractivity contribution is 8.24. The summed E-state index contributed by atoms with van der Waals surface area (Å²) < 4.78 is 0.392. The third kappa shape index (κ3) is 3.17. The molecule has 1 fully saturated rings. The van der Waals surface area contributed by atoms with Crippen LogP contribution >= 0.6 is 24.0 Å². The van der Waals surface area contributed by atoms with Crippen molar-refractivity contribution in [1.82, 2.24) is 4.90 Å². The molecule has 1 rings (SSSR count). The van der Waals surface area contributed by atoms with Gasteiger partial charge in [0.2, 0.25) is 5.91 Å². The number of thioether (sulfide) groups is 1. The molecule has 1 aliphatic rings. The number of carboxylic acids is 1. The van der Waals surface area contributed by atoms with E-state index in [2.05, 4.69) is 6.92 Å². The lowest BCUT2D eigenvalue weighted by molar-refractivity contribution is -0.141. The van der Waals surface area contributed by atoms with E-state index in [-0.39, 0.29) is 17.7 Å². The van der Waals surface area contributed by atoms with Crippen molar-refractivity contribution >= 4 is 40.2 Å². The van der Waals surface area contributed by atoms with Crippen LogP contribution in [0.1, 0.15) is 26.2 Å². The second-order valence-corrected chi connectivity index (χ2v) is 5.17. The predicted molar refractivity (Wildman–Crippen MR) is 62.9 cm³/mol. The van der Waals surface area contributed by atoms with Crippen molar-refractivity contribution in [2.75, 3.05) is 6.54 Å². The first kappa shape index (κ1) is 12.4. The zero-order chi connectivity index (χ0) is 11.4. The normalized spacial score (nSPS) is 21.1. The average molecular weight is 247 g/mol. The van der Waals surface area contributed by atoms with Gasteiger partial charge in [0.1, 0.15) is 10.9 Å². The van der Waals surface area contributed by atoms with Gasteiger partial charge in [0.25, 0.3) is 0 Å². The summed E-state index contributed by atoms with van der Waals surface area (Å²) in [7, 11) is 0. The van der Waals surface area contributed by atoms with Gasteiger partial charge in [-0.25, -0.2) is 0 Å². The Bertz CT molecular complexity index is 293. The minimum atomic E-state index is -1.03. The first-order valence-electron chi connectivity index (χ1n) is 4.80. The quantitative estimate of drug-likeness (QED) is 0.746. The molecule has 1 N–H and O–H groups in total. The number of carbonyl (C=O) groups excluding carboxylic acids is 1. The summed E-state index contributed by atoms with van der Waals surface area (Å²) in [5, 5.41) is 8.44. The molecule has 0 spiro atoms. The zero-order valence-corrected chi connectivity index (χ0v) is 10.1. The maximum absolute atomic E-state index is 11.7. The Morgan fingerprint density at radius 2 is 2.33 bits per heavy atom. The molecule has 6 heteroatoms. The topological polar surface area (TPSA) is 57.6 Å². The van der Waals surface area contributed by atoms with Crippen LogP contribution in [-0.4, -0.2) is 38.0 Å². The summed E-state index contributed by atoms with van der Waals surface area (Å²) in [4.78, 5) is 23.4. The minimum Gasteiger partial charge on any atom is -0.480 e. The Morgan fingerprint density at radius 1 is 1.67 bits per heavy atom. The van der Waals surface area contributed by atoms with Crippen molar-refractivity contribution in [3.8, 4) is 0 Å². The lowest BCUT2D eigenvalue weighted by atomic mass is 10.2. The van der Waals surface area contributed by atoms with Crippen LogP contribution in [-0.2, 0) is 9.59 Å². The molecule has 1 amide bonds. The van der Waals surface area contributed by atoms with E-state index < -0.39 is 5.97 Å². The first-order chi connectivity index (χ1) is 7.06. The van der Waals surface area contributed by atoms with Crippen molar-refractivity contribution in [3.63, 3.8) is 0 Å². The predicted octanol–water partition coefficient (Wildman–Crippen LogP) is 1.49. The molecular weight excluding hydrogens is 234 g/mol. The van der Waals surface area contributed by atoms with Crippen LogP contribution < -0.4 is 0 Å². The van der Waals surface area contributed by atoms with E-state index >= 15 is 0 Å². The number of thiocarbonyl (C=S) groups is 1. The molecular formula is C9H13NO3S2. The van der Waals surface area contributed by atoms with Gasteiger partial charge in [0.15, 0.2) is 0 Å². The zero-order valence-electron chi connectivity index (χ0n) is 8.43. The number of carbonyl (C=O) groups is 2. The average Bonchev–Trinajstić information content (AvgIpc) is 2.42. The molecule has 0 bridgehead atoms. The highest BCUT2D eigenvalue weighted by Crippen LogP contribution is 2.30. The van der Waals surface area contributed by atoms with Gasteiger partial charge < -0.3 is 5.11 Å². The molecule has 1 unspecified atom stereocenters. The fraction of sp³-hybridized carbons (Fsp3) is 0.667. The molecule has 0 radical (unpaired) electrons. The number of unbranched alkanes of at least 4 members (excludes halogenated alkanes) is 1. The Kier molecular flexibility index (Phi) is 4.53. The number of hydrogen-bond acceptors (Lipinski definition) is 4. The lowest BCUT2D eigenvalue weighted by Gasteiger charge is -2.11. The van der Waals surface area contributed by atoms with Crippen LogP contribution in [0.25, 0.3) is 0 Å². The van der Waals surface area contributed by atoms with Crippen LogP contribution in [0.2, 0.25) is 0 Å². The number of amides is 1. The first-order valence-corrected chi connectivity index (χ1v) is 6.08. The summed E-state index contributed by atoms with van der Waals surface area (Å²) in [6.07, 6.45) is 2.76. The van der Waals surface area contributed by atoms with E-state index in [9.17, 15) is 9.59 Å². The highest BCUT2D eigenvalue weighted by atomic mass is 32.2. The number of aliphatic carboxylic acids is 1. The number of nitrogens with zero attached hydrogens (tertiary/aromatic N) is 1. The SMILES string of the molecule is CCCCC1SC(=S)N(CC(=O)O)C1=O. The molecule has 0 aromatic heterocycles. The molecule has 0 aliphatic carbocycles. The van der Waals surface area contributed by atoms with E-state index in [1.54, 1.807) is 0 Å². The molecule has 4 nitrogen and oxygen atoms in total. The van der Waals surface area contributed by atoms with Gasteiger partial charge in [-0.05, 0) is 6.42 Å². The molecule has 0 saturated carbocycles. The van der Waals surface area contributed by atoms with E-state index in [4.69, 9.17) is 17.3 Å². The van der Waals surface area contributed by atoms with Gasteiger partial charge in [0, 0.05) is 0 Å². The lowest BCUT2D eigenvalue weighted by Crippen LogP contribution is -2.35. The molecule has 1 saturated heterocycles. The summed E-state index contributed by atoms with van der Waals surface area (Å²) in [5.74, 6) is -1.18. The van der Waals surface area contributed by atoms with Crippen LogP contribution in [0.15, 0.2) is 0 Å². The maximum atomic E-state index is 11.7. The van der Waals surface area contributed by atoms with Gasteiger partial charge in [0.05, 0.1) is 5.25 Å². The van der Waals surface area contributed by atoms with Crippen LogP contribution in [0.3, 0.4) is 0 Å². The van der Waals surface area contributed by atoms with Crippen LogP contribution in [0, 0.1) is 0 Å². The highest BCUT2D eigenvalue weighted by Gasteiger charge is 2.37. The molecule has 0 aromatic carbocycles. The molecule has 0 aromatic rings. The number of carboxylic acid groups (broad SMARTS) is 1. The molecule has 1 aliphatic heterocycles. The Balaban J connectivity index is 2.58. The standard InChI is InChI=1S/C9H13NO3S2/c1-2-3-4-6-8(13)10(5-7(11)12)9(14)15-6/h6H,2-5H2,1H3,(H,11,12). The Labute approximate surface area is 98.0 Å². The second kappa shape index (κ2) is 5.46. The molecule has 1 atom stereocenters. The van der Waals surface area contributed by atoms with E-state index in [0.717, 1.165) is 19.3 Å². The monoisotopic (exact) mass is 247 g/mol. The Hall–Kier alpha value is -0.620. The van der Waals surface area contributed by atoms with E-state index in [1.807, 2.05) is 0 Å². The molecule has 15 heavy (non-hydrogen) atoms. The summed E-state index contributed by atoms with van der Waals surface area (Å²) in [6.45, 7) is 1.74. The van der Waals surface area contributed by atoms with Crippen LogP contribution in [0.4, 0.5) is 0 Å². The Morgan fingerprint density at radius 3 is 2.87 bits per heavy atom. The fourth-order valence-electron chi connectivity index (χ4n) is 1.35. The number of hydrogen-bond donors (Lipinski definition) is 1. The van der Waals surface area contributed by atoms with E-state index in [0.29, 0.717) is 4.32 Å². The third-order valence-electron chi connectivity index (χ3n) is 2.12. The third-order valence-corrected chi connectivity index (χ3v) is 3.77. The van der Waals surface area contributed by atoms with Gasteiger partial charge >= 0.3 is 5.97 Å². The molecule has 84 valence electrons. The van der Waals surface area contributed by atoms with Crippen molar-refractivity contribution in [3.05, 3.63) is 0 Å². The van der Waals surface area contributed by atoms with Gasteiger partial charge in [-0.1, -0.05) is 43.7 Å². The smallest absolute Gasteiger partial charge is 0.323 e. The largest absolute Gasteiger partial charge is 0.480 e. The summed E-state index contributed by atoms with van der Waals surface area (Å²) in [6, 6.07) is 0. The summed E-state index contributed by atoms with van der Waals surface area (Å²) >= 11 is 6.28. The summed E-state index contributed by atoms with van der Waals surface area (Å²) in [5.41, 5.74) is 0. The van der Waals surface area contributed by atoms with Crippen molar-refractivity contribution in [2.24, 2.45) is 0 Å². The maximum Gasteiger partial charge on any atom is 0.323 e. The van der Waals surface area contributed by atoms with Gasteiger partial charge in [-0.15, -0.1) is 0 Å². The van der Waals surface area contributed by atoms with Crippen LogP contribution in [0.5, 0.6) is 0 Å². The fourth-order valence-corrected chi connectivity index (χ4v) is 2.89. The van der Waals surface area contributed by atoms with Crippen molar-refractivity contribution in [1.29, 1.82) is 0 Å². The van der Waals surface area contributed by atoms with E-state index in [1.165, 1.54) is 16.7 Å². The molecule has 1 heterocycles. The minimum absolute atomic E-state index is 0.152. The van der Waals surface area contributed by atoms with Crippen molar-refractivity contribution < 1.29 is 14.7 Å². The van der Waals surface area contributed by atoms with Crippen molar-refractivity contribution in [2.45, 2.75) is 31.4 Å². The second-order valence-electron chi connectivity index (χ2n) is 3.33. The number of rotatable bonds is 5. The van der Waals surface area contributed by atoms with Gasteiger partial charge in [-0.2, -0.15) is 0 Å². The van der Waals surface area contributed by atoms with Gasteiger partial charge in [-0.3, -0.25) is 14.5 Å².